The van der Waals surface area contributed by atoms with Gasteiger partial charge in [0, 0.05) is 13.1 Å². The molecule has 5 heteroatoms. The predicted molar refractivity (Wildman–Crippen MR) is 88.4 cm³/mol. The second-order valence-electron chi connectivity index (χ2n) is 6.07. The number of rotatable bonds is 3. The molecule has 124 valence electrons. The van der Waals surface area contributed by atoms with Gasteiger partial charge in [0.2, 0.25) is 12.7 Å². The van der Waals surface area contributed by atoms with Gasteiger partial charge in [-0.1, -0.05) is 12.1 Å². The van der Waals surface area contributed by atoms with Gasteiger partial charge in [-0.05, 0) is 47.4 Å². The second-order valence-corrected chi connectivity index (χ2v) is 6.07. The third-order valence-electron chi connectivity index (χ3n) is 4.55. The molecule has 24 heavy (non-hydrogen) atoms. The first-order chi connectivity index (χ1) is 11.7. The molecule has 2 aromatic rings. The number of hydrogen-bond donors (Lipinski definition) is 0. The predicted octanol–water partition coefficient (Wildman–Crippen LogP) is 2.55. The van der Waals surface area contributed by atoms with Crippen molar-refractivity contribution in [3.8, 4) is 17.2 Å². The van der Waals surface area contributed by atoms with Crippen LogP contribution in [0.5, 0.6) is 17.2 Å². The van der Waals surface area contributed by atoms with Crippen molar-refractivity contribution in [1.29, 1.82) is 0 Å². The largest absolute Gasteiger partial charge is 0.497 e. The number of nitrogens with zero attached hydrogens (tertiary/aromatic N) is 1. The van der Waals surface area contributed by atoms with Gasteiger partial charge in [0.15, 0.2) is 11.5 Å². The molecule has 0 fully saturated rings. The summed E-state index contributed by atoms with van der Waals surface area (Å²) in [4.78, 5) is 14.5. The Morgan fingerprint density at radius 1 is 1.17 bits per heavy atom. The molecule has 1 amide bonds. The van der Waals surface area contributed by atoms with E-state index in [0.717, 1.165) is 41.3 Å². The van der Waals surface area contributed by atoms with E-state index in [9.17, 15) is 4.79 Å². The molecule has 0 spiro atoms. The molecule has 0 saturated carbocycles. The molecular weight excluding hydrogens is 306 g/mol. The highest BCUT2D eigenvalue weighted by molar-refractivity contribution is 5.79. The smallest absolute Gasteiger partial charge is 0.231 e. The van der Waals surface area contributed by atoms with Crippen molar-refractivity contribution in [2.45, 2.75) is 19.4 Å². The Morgan fingerprint density at radius 3 is 2.75 bits per heavy atom. The van der Waals surface area contributed by atoms with Crippen LogP contribution in [0.1, 0.15) is 16.7 Å². The second kappa shape index (κ2) is 6.07. The lowest BCUT2D eigenvalue weighted by atomic mass is 9.98. The Kier molecular flexibility index (Phi) is 3.76. The number of amides is 1. The number of benzene rings is 2. The Morgan fingerprint density at radius 2 is 1.96 bits per heavy atom. The van der Waals surface area contributed by atoms with E-state index in [1.165, 1.54) is 5.56 Å². The molecule has 2 aromatic carbocycles. The van der Waals surface area contributed by atoms with Gasteiger partial charge >= 0.3 is 0 Å². The molecule has 2 aliphatic heterocycles. The maximum Gasteiger partial charge on any atom is 0.231 e. The minimum absolute atomic E-state index is 0.131. The van der Waals surface area contributed by atoms with Gasteiger partial charge in [-0.25, -0.2) is 0 Å². The van der Waals surface area contributed by atoms with Gasteiger partial charge in [-0.15, -0.1) is 0 Å². The minimum Gasteiger partial charge on any atom is -0.497 e. The first-order valence-electron chi connectivity index (χ1n) is 8.05. The summed E-state index contributed by atoms with van der Waals surface area (Å²) in [6, 6.07) is 11.7. The van der Waals surface area contributed by atoms with Crippen LogP contribution in [0.4, 0.5) is 0 Å². The Bertz CT molecular complexity index is 787. The lowest BCUT2D eigenvalue weighted by Crippen LogP contribution is -2.36. The summed E-state index contributed by atoms with van der Waals surface area (Å²) < 4.78 is 16.1. The van der Waals surface area contributed by atoms with E-state index >= 15 is 0 Å². The number of fused-ring (bicyclic) bond motifs is 2. The van der Waals surface area contributed by atoms with Crippen molar-refractivity contribution < 1.29 is 19.0 Å². The van der Waals surface area contributed by atoms with Crippen molar-refractivity contribution in [3.63, 3.8) is 0 Å². The third kappa shape index (κ3) is 2.77. The van der Waals surface area contributed by atoms with E-state index in [4.69, 9.17) is 14.2 Å². The number of methoxy groups -OCH3 is 1. The zero-order valence-electron chi connectivity index (χ0n) is 13.6. The third-order valence-corrected chi connectivity index (χ3v) is 4.55. The molecule has 0 radical (unpaired) electrons. The van der Waals surface area contributed by atoms with E-state index in [0.29, 0.717) is 13.0 Å². The Balaban J connectivity index is 1.48. The molecule has 2 aliphatic rings. The van der Waals surface area contributed by atoms with E-state index in [1.54, 1.807) is 7.11 Å². The van der Waals surface area contributed by atoms with E-state index in [-0.39, 0.29) is 12.7 Å². The molecule has 2 heterocycles. The lowest BCUT2D eigenvalue weighted by molar-refractivity contribution is -0.131. The first-order valence-corrected chi connectivity index (χ1v) is 8.05. The molecule has 0 N–H and O–H groups in total. The molecule has 0 unspecified atom stereocenters. The average molecular weight is 325 g/mol. The number of ether oxygens (including phenoxy) is 3. The van der Waals surface area contributed by atoms with E-state index in [1.807, 2.05) is 41.3 Å². The normalized spacial score (nSPS) is 15.1. The van der Waals surface area contributed by atoms with Crippen molar-refractivity contribution in [2.75, 3.05) is 20.4 Å². The highest BCUT2D eigenvalue weighted by Gasteiger charge is 2.24. The molecule has 4 rings (SSSR count). The summed E-state index contributed by atoms with van der Waals surface area (Å²) in [5, 5.41) is 0. The van der Waals surface area contributed by atoms with Gasteiger partial charge in [0.1, 0.15) is 5.75 Å². The molecular formula is C19H19NO4. The quantitative estimate of drug-likeness (QED) is 0.870. The molecule has 0 aliphatic carbocycles. The topological polar surface area (TPSA) is 48.0 Å². The van der Waals surface area contributed by atoms with Crippen molar-refractivity contribution in [2.24, 2.45) is 0 Å². The van der Waals surface area contributed by atoms with Crippen LogP contribution in [-0.4, -0.2) is 31.3 Å². The molecule has 0 atom stereocenters. The molecule has 0 aromatic heterocycles. The fourth-order valence-corrected chi connectivity index (χ4v) is 3.23. The number of carbonyl (C=O) groups excluding carboxylic acids is 1. The van der Waals surface area contributed by atoms with Crippen molar-refractivity contribution in [1.82, 2.24) is 4.90 Å². The van der Waals surface area contributed by atoms with Gasteiger partial charge in [0.05, 0.1) is 13.5 Å². The zero-order valence-corrected chi connectivity index (χ0v) is 13.6. The van der Waals surface area contributed by atoms with Gasteiger partial charge in [0.25, 0.3) is 0 Å². The molecule has 0 bridgehead atoms. The first kappa shape index (κ1) is 14.9. The van der Waals surface area contributed by atoms with Gasteiger partial charge in [-0.2, -0.15) is 0 Å². The summed E-state index contributed by atoms with van der Waals surface area (Å²) in [5.74, 6) is 2.49. The summed E-state index contributed by atoms with van der Waals surface area (Å²) in [6.45, 7) is 1.63. The van der Waals surface area contributed by atoms with E-state index < -0.39 is 0 Å². The van der Waals surface area contributed by atoms with Crippen LogP contribution < -0.4 is 14.2 Å². The van der Waals surface area contributed by atoms with Crippen LogP contribution in [-0.2, 0) is 24.2 Å². The lowest BCUT2D eigenvalue weighted by Gasteiger charge is -2.29. The number of hydrogen-bond acceptors (Lipinski definition) is 4. The van der Waals surface area contributed by atoms with Crippen molar-refractivity contribution in [3.05, 3.63) is 53.1 Å². The van der Waals surface area contributed by atoms with Crippen LogP contribution in [0.25, 0.3) is 0 Å². The summed E-state index contributed by atoms with van der Waals surface area (Å²) >= 11 is 0. The maximum absolute atomic E-state index is 12.6. The van der Waals surface area contributed by atoms with Crippen LogP contribution in [0.2, 0.25) is 0 Å². The van der Waals surface area contributed by atoms with Crippen LogP contribution >= 0.6 is 0 Å². The maximum atomic E-state index is 12.6. The Labute approximate surface area is 140 Å². The van der Waals surface area contributed by atoms with Crippen LogP contribution in [0, 0.1) is 0 Å². The Hall–Kier alpha value is -2.69. The SMILES string of the molecule is COc1cccc(CC(=O)N2CCc3cc4c(cc3C2)OCO4)c1. The summed E-state index contributed by atoms with van der Waals surface area (Å²) in [7, 11) is 1.63. The van der Waals surface area contributed by atoms with Crippen LogP contribution in [0.15, 0.2) is 36.4 Å². The van der Waals surface area contributed by atoms with Crippen molar-refractivity contribution >= 4 is 5.91 Å². The highest BCUT2D eigenvalue weighted by atomic mass is 16.7. The van der Waals surface area contributed by atoms with Gasteiger partial charge in [-0.3, -0.25) is 4.79 Å². The molecule has 5 nitrogen and oxygen atoms in total. The summed E-state index contributed by atoms with van der Waals surface area (Å²) in [6.07, 6.45) is 1.23. The molecule has 0 saturated heterocycles. The standard InChI is InChI=1S/C19H19NO4/c1-22-16-4-2-3-13(7-16)8-19(21)20-6-5-14-9-17-18(24-12-23-17)10-15(14)11-20/h2-4,7,9-10H,5-6,8,11-12H2,1H3. The zero-order chi connectivity index (χ0) is 16.5. The average Bonchev–Trinajstić information content (AvgIpc) is 3.06. The number of carbonyl (C=O) groups is 1. The minimum atomic E-state index is 0.131. The van der Waals surface area contributed by atoms with Crippen LogP contribution in [0.3, 0.4) is 0 Å². The van der Waals surface area contributed by atoms with Gasteiger partial charge < -0.3 is 19.1 Å². The monoisotopic (exact) mass is 325 g/mol. The van der Waals surface area contributed by atoms with E-state index in [2.05, 4.69) is 0 Å². The summed E-state index contributed by atoms with van der Waals surface area (Å²) in [5.41, 5.74) is 3.35. The fourth-order valence-electron chi connectivity index (χ4n) is 3.23. The fraction of sp³-hybridized carbons (Fsp3) is 0.316. The highest BCUT2D eigenvalue weighted by Crippen LogP contribution is 2.36.